The highest BCUT2D eigenvalue weighted by Gasteiger charge is 2.48. The maximum atomic E-state index is 13.9. The van der Waals surface area contributed by atoms with Gasteiger partial charge >= 0.3 is 5.91 Å². The smallest absolute Gasteiger partial charge is 0.301 e. The maximum Gasteiger partial charge on any atom is 0.301 e. The van der Waals surface area contributed by atoms with E-state index in [0.717, 1.165) is 11.3 Å². The SMILES string of the molecule is C=CCOc1ccc(C2C(=C(O)c3ccccc3)C(=O)C(=O)N2c2nc3ccc(F)cc3s2)cc1OCC. The highest BCUT2D eigenvalue weighted by molar-refractivity contribution is 7.22. The van der Waals surface area contributed by atoms with Crippen molar-refractivity contribution >= 4 is 44.1 Å². The minimum Gasteiger partial charge on any atom is -0.507 e. The summed E-state index contributed by atoms with van der Waals surface area (Å²) in [5, 5.41) is 11.5. The van der Waals surface area contributed by atoms with E-state index >= 15 is 0 Å². The normalized spacial score (nSPS) is 16.7. The lowest BCUT2D eigenvalue weighted by atomic mass is 9.95. The third-order valence-corrected chi connectivity index (χ3v) is 6.99. The molecule has 1 aromatic heterocycles. The van der Waals surface area contributed by atoms with Crippen LogP contribution in [0.4, 0.5) is 9.52 Å². The number of benzene rings is 3. The standard InChI is InChI=1S/C29H23FN2O5S/c1-3-14-37-21-13-10-18(15-22(21)36-4-2)25-24(26(33)17-8-6-5-7-9-17)27(34)28(35)32(25)29-31-20-12-11-19(30)16-23(20)38-29/h3,5-13,15-16,25,33H,1,4,14H2,2H3. The zero-order valence-electron chi connectivity index (χ0n) is 20.4. The Bertz CT molecular complexity index is 1580. The van der Waals surface area contributed by atoms with Crippen LogP contribution in [0.5, 0.6) is 11.5 Å². The summed E-state index contributed by atoms with van der Waals surface area (Å²) in [4.78, 5) is 32.6. The van der Waals surface area contributed by atoms with Crippen molar-refractivity contribution in [3.63, 3.8) is 0 Å². The highest BCUT2D eigenvalue weighted by atomic mass is 32.1. The first-order valence-electron chi connectivity index (χ1n) is 11.9. The van der Waals surface area contributed by atoms with Gasteiger partial charge in [0.2, 0.25) is 0 Å². The van der Waals surface area contributed by atoms with Crippen molar-refractivity contribution in [1.29, 1.82) is 0 Å². The van der Waals surface area contributed by atoms with E-state index in [1.165, 1.54) is 23.1 Å². The van der Waals surface area contributed by atoms with E-state index in [0.29, 0.717) is 39.4 Å². The van der Waals surface area contributed by atoms with Gasteiger partial charge < -0.3 is 14.6 Å². The summed E-state index contributed by atoms with van der Waals surface area (Å²) in [6.45, 7) is 6.09. The summed E-state index contributed by atoms with van der Waals surface area (Å²) in [6.07, 6.45) is 1.61. The predicted molar refractivity (Wildman–Crippen MR) is 144 cm³/mol. The molecule has 1 atom stereocenters. The molecule has 1 aliphatic heterocycles. The molecule has 38 heavy (non-hydrogen) atoms. The van der Waals surface area contributed by atoms with Crippen molar-refractivity contribution in [3.8, 4) is 11.5 Å². The molecule has 1 aliphatic rings. The number of amides is 1. The number of halogens is 1. The van der Waals surface area contributed by atoms with Crippen LogP contribution < -0.4 is 14.4 Å². The number of fused-ring (bicyclic) bond motifs is 1. The Kier molecular flexibility index (Phi) is 6.93. The average molecular weight is 531 g/mol. The first-order valence-corrected chi connectivity index (χ1v) is 12.7. The fourth-order valence-electron chi connectivity index (χ4n) is 4.32. The summed E-state index contributed by atoms with van der Waals surface area (Å²) in [5.41, 5.74) is 1.28. The molecular formula is C29H23FN2O5S. The highest BCUT2D eigenvalue weighted by Crippen LogP contribution is 2.46. The number of aliphatic hydroxyl groups excluding tert-OH is 1. The topological polar surface area (TPSA) is 89.0 Å². The molecule has 7 nitrogen and oxygen atoms in total. The number of hydrogen-bond acceptors (Lipinski definition) is 7. The lowest BCUT2D eigenvalue weighted by Gasteiger charge is -2.24. The van der Waals surface area contributed by atoms with Crippen molar-refractivity contribution in [3.05, 3.63) is 102 Å². The lowest BCUT2D eigenvalue weighted by molar-refractivity contribution is -0.132. The number of nitrogens with zero attached hydrogens (tertiary/aromatic N) is 2. The van der Waals surface area contributed by atoms with Crippen LogP contribution in [0.25, 0.3) is 16.0 Å². The first-order chi connectivity index (χ1) is 18.4. The molecule has 1 N–H and O–H groups in total. The molecule has 1 amide bonds. The number of ketones is 1. The number of anilines is 1. The number of aliphatic hydroxyl groups is 1. The van der Waals surface area contributed by atoms with Crippen LogP contribution in [0.2, 0.25) is 0 Å². The van der Waals surface area contributed by atoms with Crippen molar-refractivity contribution in [2.45, 2.75) is 13.0 Å². The Morgan fingerprint density at radius 1 is 1.11 bits per heavy atom. The molecule has 4 aromatic rings. The van der Waals surface area contributed by atoms with Crippen LogP contribution in [0.3, 0.4) is 0 Å². The summed E-state index contributed by atoms with van der Waals surface area (Å²) in [5.74, 6) is -1.58. The van der Waals surface area contributed by atoms with Gasteiger partial charge in [0.05, 0.1) is 28.4 Å². The first kappa shape index (κ1) is 25.2. The van der Waals surface area contributed by atoms with E-state index in [-0.39, 0.29) is 23.1 Å². The van der Waals surface area contributed by atoms with Gasteiger partial charge in [0.15, 0.2) is 16.6 Å². The van der Waals surface area contributed by atoms with Gasteiger partial charge in [-0.2, -0.15) is 0 Å². The predicted octanol–water partition coefficient (Wildman–Crippen LogP) is 6.03. The van der Waals surface area contributed by atoms with E-state index in [9.17, 15) is 19.1 Å². The number of carbonyl (C=O) groups excluding carboxylic acids is 2. The molecule has 0 saturated carbocycles. The summed E-state index contributed by atoms with van der Waals surface area (Å²) >= 11 is 1.08. The van der Waals surface area contributed by atoms with Gasteiger partial charge in [0.25, 0.3) is 5.78 Å². The Morgan fingerprint density at radius 3 is 2.63 bits per heavy atom. The van der Waals surface area contributed by atoms with Crippen molar-refractivity contribution < 1.29 is 28.6 Å². The van der Waals surface area contributed by atoms with Crippen LogP contribution in [-0.2, 0) is 9.59 Å². The number of hydrogen-bond donors (Lipinski definition) is 1. The Morgan fingerprint density at radius 2 is 1.89 bits per heavy atom. The fraction of sp³-hybridized carbons (Fsp3) is 0.138. The van der Waals surface area contributed by atoms with E-state index in [1.54, 1.807) is 54.6 Å². The van der Waals surface area contributed by atoms with E-state index < -0.39 is 23.5 Å². The molecule has 0 aliphatic carbocycles. The van der Waals surface area contributed by atoms with Crippen LogP contribution in [0.1, 0.15) is 24.1 Å². The second kappa shape index (κ2) is 10.5. The molecule has 1 fully saturated rings. The van der Waals surface area contributed by atoms with E-state index in [1.807, 2.05) is 6.92 Å². The zero-order valence-corrected chi connectivity index (χ0v) is 21.2. The van der Waals surface area contributed by atoms with E-state index in [4.69, 9.17) is 9.47 Å². The van der Waals surface area contributed by atoms with Gasteiger partial charge in [0.1, 0.15) is 18.2 Å². The minimum absolute atomic E-state index is 0.0890. The Balaban J connectivity index is 1.72. The van der Waals surface area contributed by atoms with Crippen LogP contribution in [0, 0.1) is 5.82 Å². The fourth-order valence-corrected chi connectivity index (χ4v) is 5.33. The van der Waals surface area contributed by atoms with Gasteiger partial charge in [-0.15, -0.1) is 0 Å². The molecule has 1 unspecified atom stereocenters. The summed E-state index contributed by atoms with van der Waals surface area (Å²) in [6, 6.07) is 16.7. The largest absolute Gasteiger partial charge is 0.507 e. The molecule has 192 valence electrons. The Labute approximate surface area is 222 Å². The molecule has 3 aromatic carbocycles. The molecule has 0 bridgehead atoms. The maximum absolute atomic E-state index is 13.9. The zero-order chi connectivity index (χ0) is 26.8. The van der Waals surface area contributed by atoms with Gasteiger partial charge in [-0.1, -0.05) is 60.4 Å². The number of aromatic nitrogens is 1. The number of ether oxygens (including phenoxy) is 2. The van der Waals surface area contributed by atoms with Gasteiger partial charge in [0, 0.05) is 5.56 Å². The molecule has 1 saturated heterocycles. The minimum atomic E-state index is -1.02. The lowest BCUT2D eigenvalue weighted by Crippen LogP contribution is -2.29. The van der Waals surface area contributed by atoms with Crippen molar-refractivity contribution in [2.24, 2.45) is 0 Å². The Hall–Kier alpha value is -4.50. The third kappa shape index (κ3) is 4.52. The molecule has 9 heteroatoms. The van der Waals surface area contributed by atoms with Gasteiger partial charge in [-0.25, -0.2) is 9.37 Å². The number of rotatable bonds is 8. The monoisotopic (exact) mass is 530 g/mol. The van der Waals surface area contributed by atoms with Crippen LogP contribution in [-0.4, -0.2) is 35.0 Å². The number of Topliss-reactive ketones (excluding diaryl/α,β-unsaturated/α-hetero) is 1. The third-order valence-electron chi connectivity index (χ3n) is 5.98. The van der Waals surface area contributed by atoms with Gasteiger partial charge in [-0.3, -0.25) is 14.5 Å². The molecule has 5 rings (SSSR count). The summed E-state index contributed by atoms with van der Waals surface area (Å²) < 4.78 is 25.9. The van der Waals surface area contributed by atoms with Crippen LogP contribution in [0.15, 0.2) is 85.0 Å². The number of carbonyl (C=O) groups is 2. The average Bonchev–Trinajstić information content (AvgIpc) is 3.45. The van der Waals surface area contributed by atoms with Crippen molar-refractivity contribution in [2.75, 3.05) is 18.1 Å². The molecule has 0 radical (unpaired) electrons. The molecular weight excluding hydrogens is 507 g/mol. The summed E-state index contributed by atoms with van der Waals surface area (Å²) in [7, 11) is 0. The second-order valence-electron chi connectivity index (χ2n) is 8.38. The van der Waals surface area contributed by atoms with E-state index in [2.05, 4.69) is 11.6 Å². The second-order valence-corrected chi connectivity index (χ2v) is 9.39. The van der Waals surface area contributed by atoms with Crippen molar-refractivity contribution in [1.82, 2.24) is 4.98 Å². The van der Waals surface area contributed by atoms with Crippen LogP contribution >= 0.6 is 11.3 Å². The quantitative estimate of drug-likeness (QED) is 0.130. The number of thiazole rings is 1. The van der Waals surface area contributed by atoms with Gasteiger partial charge in [-0.05, 0) is 42.8 Å². The molecule has 0 spiro atoms. The molecule has 2 heterocycles.